The second-order valence-corrected chi connectivity index (χ2v) is 6.26. The van der Waals surface area contributed by atoms with E-state index in [1.54, 1.807) is 30.3 Å². The Balaban J connectivity index is 2.01. The molecule has 0 saturated carbocycles. The highest BCUT2D eigenvalue weighted by Crippen LogP contribution is 2.34. The minimum atomic E-state index is -0.00752. The molecule has 2 aromatic carbocycles. The van der Waals surface area contributed by atoms with E-state index in [1.165, 1.54) is 6.07 Å². The number of benzene rings is 2. The smallest absolute Gasteiger partial charge is 0.253 e. The van der Waals surface area contributed by atoms with Crippen LogP contribution in [0, 0.1) is 0 Å². The molecule has 1 N–H and O–H groups in total. The predicted molar refractivity (Wildman–Crippen MR) is 88.7 cm³/mol. The van der Waals surface area contributed by atoms with E-state index in [1.807, 2.05) is 4.90 Å². The van der Waals surface area contributed by atoms with Crippen molar-refractivity contribution in [3.05, 3.63) is 52.0 Å². The van der Waals surface area contributed by atoms with Gasteiger partial charge >= 0.3 is 0 Å². The van der Waals surface area contributed by atoms with Crippen LogP contribution >= 0.6 is 23.2 Å². The summed E-state index contributed by atoms with van der Waals surface area (Å²) in [4.78, 5) is 14.3. The van der Waals surface area contributed by atoms with Crippen molar-refractivity contribution in [2.24, 2.45) is 0 Å². The van der Waals surface area contributed by atoms with E-state index in [-0.39, 0.29) is 11.7 Å². The number of aromatic hydroxyl groups is 1. The number of hydrogen-bond donors (Lipinski definition) is 1. The molecule has 1 saturated heterocycles. The lowest BCUT2D eigenvalue weighted by Crippen LogP contribution is -2.27. The fourth-order valence-electron chi connectivity index (χ4n) is 2.71. The molecule has 2 aromatic rings. The number of halogens is 2. The molecule has 3 rings (SSSR count). The minimum Gasteiger partial charge on any atom is -0.507 e. The van der Waals surface area contributed by atoms with Gasteiger partial charge in [0.05, 0.1) is 0 Å². The van der Waals surface area contributed by atoms with E-state index in [9.17, 15) is 9.90 Å². The number of rotatable bonds is 2. The molecule has 3 nitrogen and oxygen atoms in total. The molecule has 0 aliphatic carbocycles. The number of amides is 1. The standard InChI is InChI=1S/C17H15Cl2NO2/c18-13-7-12(8-14(19)10-13)15-9-11(3-4-16(15)21)17(22)20-5-1-2-6-20/h3-4,7-10,21H,1-2,5-6H2. The fourth-order valence-corrected chi connectivity index (χ4v) is 3.24. The first-order chi connectivity index (χ1) is 10.5. The third kappa shape index (κ3) is 3.06. The summed E-state index contributed by atoms with van der Waals surface area (Å²) in [5, 5.41) is 11.1. The Kier molecular flexibility index (Phi) is 4.27. The molecule has 1 aliphatic rings. The zero-order chi connectivity index (χ0) is 15.7. The molecule has 0 atom stereocenters. The monoisotopic (exact) mass is 335 g/mol. The minimum absolute atomic E-state index is 0.00752. The van der Waals surface area contributed by atoms with Crippen molar-refractivity contribution in [3.8, 4) is 16.9 Å². The van der Waals surface area contributed by atoms with Crippen molar-refractivity contribution in [2.45, 2.75) is 12.8 Å². The summed E-state index contributed by atoms with van der Waals surface area (Å²) in [6, 6.07) is 9.93. The molecule has 0 unspecified atom stereocenters. The first-order valence-electron chi connectivity index (χ1n) is 7.13. The van der Waals surface area contributed by atoms with Gasteiger partial charge in [0, 0.05) is 34.3 Å². The molecule has 1 fully saturated rings. The Morgan fingerprint density at radius 2 is 1.64 bits per heavy atom. The second kappa shape index (κ2) is 6.19. The van der Waals surface area contributed by atoms with Crippen molar-refractivity contribution in [3.63, 3.8) is 0 Å². The maximum atomic E-state index is 12.5. The van der Waals surface area contributed by atoms with Crippen molar-refractivity contribution in [1.29, 1.82) is 0 Å². The van der Waals surface area contributed by atoms with Crippen LogP contribution in [0.4, 0.5) is 0 Å². The number of carbonyl (C=O) groups excluding carboxylic acids is 1. The summed E-state index contributed by atoms with van der Waals surface area (Å²) in [7, 11) is 0. The molecule has 1 amide bonds. The molecule has 114 valence electrons. The lowest BCUT2D eigenvalue weighted by atomic mass is 10.0. The first-order valence-corrected chi connectivity index (χ1v) is 7.89. The summed E-state index contributed by atoms with van der Waals surface area (Å²) < 4.78 is 0. The van der Waals surface area contributed by atoms with Gasteiger partial charge in [0.2, 0.25) is 0 Å². The largest absolute Gasteiger partial charge is 0.507 e. The summed E-state index contributed by atoms with van der Waals surface area (Å²) in [6.07, 6.45) is 2.08. The SMILES string of the molecule is O=C(c1ccc(O)c(-c2cc(Cl)cc(Cl)c2)c1)N1CCCC1. The number of hydrogen-bond acceptors (Lipinski definition) is 2. The second-order valence-electron chi connectivity index (χ2n) is 5.39. The van der Waals surface area contributed by atoms with E-state index >= 15 is 0 Å². The van der Waals surface area contributed by atoms with Gasteiger partial charge in [-0.25, -0.2) is 0 Å². The zero-order valence-corrected chi connectivity index (χ0v) is 13.4. The van der Waals surface area contributed by atoms with Crippen molar-refractivity contribution in [2.75, 3.05) is 13.1 Å². The highest BCUT2D eigenvalue weighted by atomic mass is 35.5. The van der Waals surface area contributed by atoms with Crippen LogP contribution in [0.25, 0.3) is 11.1 Å². The van der Waals surface area contributed by atoms with E-state index in [4.69, 9.17) is 23.2 Å². The highest BCUT2D eigenvalue weighted by molar-refractivity contribution is 6.35. The average molecular weight is 336 g/mol. The van der Waals surface area contributed by atoms with E-state index < -0.39 is 0 Å². The Hall–Kier alpha value is -1.71. The molecular formula is C17H15Cl2NO2. The quantitative estimate of drug-likeness (QED) is 0.871. The molecule has 1 aliphatic heterocycles. The van der Waals surface area contributed by atoms with E-state index in [2.05, 4.69) is 0 Å². The fraction of sp³-hybridized carbons (Fsp3) is 0.235. The Labute approximate surface area is 139 Å². The van der Waals surface area contributed by atoms with Gasteiger partial charge in [-0.1, -0.05) is 23.2 Å². The molecule has 1 heterocycles. The third-order valence-corrected chi connectivity index (χ3v) is 4.25. The molecule has 22 heavy (non-hydrogen) atoms. The van der Waals surface area contributed by atoms with Crippen LogP contribution in [-0.2, 0) is 0 Å². The number of nitrogens with zero attached hydrogens (tertiary/aromatic N) is 1. The Bertz CT molecular complexity index is 704. The zero-order valence-electron chi connectivity index (χ0n) is 11.9. The Morgan fingerprint density at radius 1 is 1.00 bits per heavy atom. The molecule has 0 radical (unpaired) electrons. The van der Waals surface area contributed by atoms with Crippen molar-refractivity contribution < 1.29 is 9.90 Å². The predicted octanol–water partition coefficient (Wildman–Crippen LogP) is 4.60. The summed E-state index contributed by atoms with van der Waals surface area (Å²) in [6.45, 7) is 1.58. The van der Waals surface area contributed by atoms with E-state index in [0.717, 1.165) is 25.9 Å². The van der Waals surface area contributed by atoms with E-state index in [0.29, 0.717) is 26.7 Å². The first kappa shape index (κ1) is 15.2. The third-order valence-electron chi connectivity index (χ3n) is 3.81. The van der Waals surface area contributed by atoms with Crippen LogP contribution in [0.15, 0.2) is 36.4 Å². The van der Waals surface area contributed by atoms with Gasteiger partial charge in [0.15, 0.2) is 0 Å². The van der Waals surface area contributed by atoms with Crippen LogP contribution in [-0.4, -0.2) is 29.0 Å². The summed E-state index contributed by atoms with van der Waals surface area (Å²) >= 11 is 12.0. The van der Waals surface area contributed by atoms with Crippen LogP contribution in [0.2, 0.25) is 10.0 Å². The number of phenols is 1. The number of carbonyl (C=O) groups is 1. The van der Waals surface area contributed by atoms with Gasteiger partial charge in [-0.15, -0.1) is 0 Å². The number of likely N-dealkylation sites (tertiary alicyclic amines) is 1. The molecular weight excluding hydrogens is 321 g/mol. The van der Waals surface area contributed by atoms with Crippen LogP contribution < -0.4 is 0 Å². The van der Waals surface area contributed by atoms with Crippen LogP contribution in [0.5, 0.6) is 5.75 Å². The maximum absolute atomic E-state index is 12.5. The lowest BCUT2D eigenvalue weighted by Gasteiger charge is -2.16. The number of phenolic OH excluding ortho intramolecular Hbond substituents is 1. The highest BCUT2D eigenvalue weighted by Gasteiger charge is 2.20. The average Bonchev–Trinajstić information content (AvgIpc) is 3.00. The van der Waals surface area contributed by atoms with Crippen molar-refractivity contribution in [1.82, 2.24) is 4.90 Å². The van der Waals surface area contributed by atoms with Gasteiger partial charge in [0.1, 0.15) is 5.75 Å². The van der Waals surface area contributed by atoms with Gasteiger partial charge in [-0.2, -0.15) is 0 Å². The summed E-state index contributed by atoms with van der Waals surface area (Å²) in [5.41, 5.74) is 1.80. The normalized spacial score (nSPS) is 14.4. The van der Waals surface area contributed by atoms with Gasteiger partial charge in [-0.3, -0.25) is 4.79 Å². The van der Waals surface area contributed by atoms with Crippen molar-refractivity contribution >= 4 is 29.1 Å². The molecule has 5 heteroatoms. The summed E-state index contributed by atoms with van der Waals surface area (Å²) in [5.74, 6) is 0.0863. The Morgan fingerprint density at radius 3 is 2.27 bits per heavy atom. The van der Waals surface area contributed by atoms with Crippen LogP contribution in [0.3, 0.4) is 0 Å². The van der Waals surface area contributed by atoms with Gasteiger partial charge < -0.3 is 10.0 Å². The molecule has 0 aromatic heterocycles. The topological polar surface area (TPSA) is 40.5 Å². The van der Waals surface area contributed by atoms with Gasteiger partial charge in [-0.05, 0) is 54.8 Å². The molecule has 0 spiro atoms. The molecule has 0 bridgehead atoms. The van der Waals surface area contributed by atoms with Gasteiger partial charge in [0.25, 0.3) is 5.91 Å². The maximum Gasteiger partial charge on any atom is 0.253 e. The van der Waals surface area contributed by atoms with Crippen LogP contribution in [0.1, 0.15) is 23.2 Å². The lowest BCUT2D eigenvalue weighted by molar-refractivity contribution is 0.0793.